The summed E-state index contributed by atoms with van der Waals surface area (Å²) in [6.07, 6.45) is 10.3. The Morgan fingerprint density at radius 1 is 1.19 bits per heavy atom. The van der Waals surface area contributed by atoms with E-state index >= 15 is 0 Å². The highest BCUT2D eigenvalue weighted by atomic mass is 16.5. The van der Waals surface area contributed by atoms with Crippen molar-refractivity contribution in [2.45, 2.75) is 95.2 Å². The molecule has 0 aliphatic carbocycles. The van der Waals surface area contributed by atoms with Crippen LogP contribution in [0.4, 0.5) is 0 Å². The molecular weight excluding hydrogens is 336 g/mol. The van der Waals surface area contributed by atoms with Crippen LogP contribution in [-0.2, 0) is 9.53 Å². The van der Waals surface area contributed by atoms with Gasteiger partial charge in [0.15, 0.2) is 0 Å². The van der Waals surface area contributed by atoms with Crippen molar-refractivity contribution in [1.82, 2.24) is 0 Å². The third-order valence-corrected chi connectivity index (χ3v) is 4.56. The maximum Gasteiger partial charge on any atom is 0.303 e. The van der Waals surface area contributed by atoms with Crippen molar-refractivity contribution in [2.24, 2.45) is 0 Å². The fourth-order valence-corrected chi connectivity index (χ4v) is 2.98. The monoisotopic (exact) mass is 370 g/mol. The molecular formula is C20H34O6. The summed E-state index contributed by atoms with van der Waals surface area (Å²) in [4.78, 5) is 10.4. The van der Waals surface area contributed by atoms with Gasteiger partial charge in [-0.3, -0.25) is 4.79 Å². The van der Waals surface area contributed by atoms with Crippen LogP contribution in [0.2, 0.25) is 0 Å². The number of hydrogen-bond donors (Lipinski definition) is 4. The van der Waals surface area contributed by atoms with E-state index in [0.29, 0.717) is 25.7 Å². The molecule has 0 radical (unpaired) electrons. The minimum absolute atomic E-state index is 0.0129. The maximum atomic E-state index is 10.4. The molecule has 0 unspecified atom stereocenters. The first-order valence-electron chi connectivity index (χ1n) is 9.68. The Morgan fingerprint density at radius 3 is 2.65 bits per heavy atom. The number of aliphatic carboxylic acids is 1. The molecule has 4 N–H and O–H groups in total. The highest BCUT2D eigenvalue weighted by Crippen LogP contribution is 2.26. The molecule has 6 nitrogen and oxygen atoms in total. The second kappa shape index (κ2) is 13.0. The van der Waals surface area contributed by atoms with Gasteiger partial charge in [-0.15, -0.1) is 0 Å². The van der Waals surface area contributed by atoms with E-state index in [1.165, 1.54) is 31.4 Å². The molecule has 1 fully saturated rings. The molecule has 0 aromatic carbocycles. The van der Waals surface area contributed by atoms with E-state index in [-0.39, 0.29) is 12.5 Å². The van der Waals surface area contributed by atoms with Crippen LogP contribution in [0.5, 0.6) is 0 Å². The predicted molar refractivity (Wildman–Crippen MR) is 99.8 cm³/mol. The van der Waals surface area contributed by atoms with Crippen LogP contribution < -0.4 is 0 Å². The van der Waals surface area contributed by atoms with Crippen LogP contribution >= 0.6 is 0 Å². The van der Waals surface area contributed by atoms with Crippen LogP contribution in [0.15, 0.2) is 24.3 Å². The summed E-state index contributed by atoms with van der Waals surface area (Å²) in [7, 11) is 0. The lowest BCUT2D eigenvalue weighted by atomic mass is 10.0. The van der Waals surface area contributed by atoms with Gasteiger partial charge in [-0.05, 0) is 32.1 Å². The second-order valence-corrected chi connectivity index (χ2v) is 6.95. The molecule has 0 aromatic heterocycles. The lowest BCUT2D eigenvalue weighted by Gasteiger charge is -2.16. The number of carboxylic acid groups (broad SMARTS) is 1. The molecule has 0 spiro atoms. The number of aliphatic hydroxyl groups excluding tert-OH is 3. The number of rotatable bonds is 13. The van der Waals surface area contributed by atoms with E-state index in [1.54, 1.807) is 0 Å². The number of aliphatic hydroxyl groups is 3. The summed E-state index contributed by atoms with van der Waals surface area (Å²) < 4.78 is 5.75. The number of ether oxygens (including phenoxy) is 1. The molecule has 5 atom stereocenters. The van der Waals surface area contributed by atoms with Crippen molar-refractivity contribution in [2.75, 3.05) is 0 Å². The molecule has 150 valence electrons. The Labute approximate surface area is 156 Å². The molecule has 6 heteroatoms. The molecule has 26 heavy (non-hydrogen) atoms. The molecule has 0 bridgehead atoms. The van der Waals surface area contributed by atoms with Gasteiger partial charge in [-0.1, -0.05) is 44.1 Å². The normalized spacial score (nSPS) is 25.9. The summed E-state index contributed by atoms with van der Waals surface area (Å²) in [6.45, 7) is 2.17. The maximum absolute atomic E-state index is 10.4. The zero-order valence-corrected chi connectivity index (χ0v) is 15.7. The minimum atomic E-state index is -0.905. The number of hydrogen-bond acceptors (Lipinski definition) is 5. The minimum Gasteiger partial charge on any atom is -0.481 e. The zero-order valence-electron chi connectivity index (χ0n) is 15.7. The van der Waals surface area contributed by atoms with Crippen molar-refractivity contribution >= 4 is 5.97 Å². The van der Waals surface area contributed by atoms with Crippen molar-refractivity contribution in [3.05, 3.63) is 24.3 Å². The fraction of sp³-hybridized carbons (Fsp3) is 0.750. The van der Waals surface area contributed by atoms with Gasteiger partial charge in [0.2, 0.25) is 0 Å². The average molecular weight is 370 g/mol. The first-order valence-corrected chi connectivity index (χ1v) is 9.68. The lowest BCUT2D eigenvalue weighted by Crippen LogP contribution is -2.24. The van der Waals surface area contributed by atoms with Crippen molar-refractivity contribution in [1.29, 1.82) is 0 Å². The highest BCUT2D eigenvalue weighted by molar-refractivity contribution is 5.66. The third-order valence-electron chi connectivity index (χ3n) is 4.56. The van der Waals surface area contributed by atoms with Crippen LogP contribution in [-0.4, -0.2) is 56.9 Å². The van der Waals surface area contributed by atoms with E-state index in [0.717, 1.165) is 6.42 Å². The number of unbranched alkanes of at least 4 members (excludes halogenated alkanes) is 3. The van der Waals surface area contributed by atoms with Gasteiger partial charge in [-0.25, -0.2) is 0 Å². The lowest BCUT2D eigenvalue weighted by molar-refractivity contribution is -0.137. The quantitative estimate of drug-likeness (QED) is 0.293. The van der Waals surface area contributed by atoms with E-state index in [9.17, 15) is 20.1 Å². The first kappa shape index (κ1) is 22.8. The van der Waals surface area contributed by atoms with Crippen LogP contribution in [0.25, 0.3) is 0 Å². The van der Waals surface area contributed by atoms with Crippen LogP contribution in [0.1, 0.15) is 64.7 Å². The van der Waals surface area contributed by atoms with Crippen molar-refractivity contribution < 1.29 is 30.0 Å². The van der Waals surface area contributed by atoms with E-state index < -0.39 is 30.4 Å². The highest BCUT2D eigenvalue weighted by Gasteiger charge is 2.36. The Bertz CT molecular complexity index is 448. The zero-order chi connectivity index (χ0) is 19.4. The smallest absolute Gasteiger partial charge is 0.303 e. The average Bonchev–Trinajstić information content (AvgIpc) is 2.96. The first-order chi connectivity index (χ1) is 12.4. The molecule has 0 aromatic rings. The summed E-state index contributed by atoms with van der Waals surface area (Å²) in [6, 6.07) is 0. The summed E-state index contributed by atoms with van der Waals surface area (Å²) in [5.41, 5.74) is 0. The number of allylic oxidation sites excluding steroid dienone is 1. The largest absolute Gasteiger partial charge is 0.481 e. The molecule has 0 saturated carbocycles. The van der Waals surface area contributed by atoms with Gasteiger partial charge < -0.3 is 25.2 Å². The van der Waals surface area contributed by atoms with Crippen molar-refractivity contribution in [3.8, 4) is 0 Å². The van der Waals surface area contributed by atoms with E-state index in [1.807, 2.05) is 6.08 Å². The summed E-state index contributed by atoms with van der Waals surface area (Å²) in [5.74, 6) is -0.889. The summed E-state index contributed by atoms with van der Waals surface area (Å²) in [5, 5.41) is 38.6. The predicted octanol–water partition coefficient (Wildman–Crippen LogP) is 2.56. The Morgan fingerprint density at radius 2 is 1.96 bits per heavy atom. The molecule has 1 heterocycles. The molecule has 1 aliphatic heterocycles. The van der Waals surface area contributed by atoms with Gasteiger partial charge >= 0.3 is 5.97 Å². The van der Waals surface area contributed by atoms with E-state index in [4.69, 9.17) is 9.84 Å². The van der Waals surface area contributed by atoms with Crippen LogP contribution in [0, 0.1) is 0 Å². The SMILES string of the molecule is CCCCC/C=C\C[C@@H]1O[C@@H]([C@H](O)/C=C/[C@@H](O)CCCC(=O)O)C[C@@H]1O. The Kier molecular flexibility index (Phi) is 11.4. The molecule has 0 amide bonds. The fourth-order valence-electron chi connectivity index (χ4n) is 2.98. The summed E-state index contributed by atoms with van der Waals surface area (Å²) >= 11 is 0. The standard InChI is InChI=1S/C20H34O6/c1-2-3-4-5-6-7-10-18-17(23)14-19(26-18)16(22)13-12-15(21)9-8-11-20(24)25/h6-7,12-13,15-19,21-23H,2-5,8-11,14H2,1H3,(H,24,25)/b7-6-,13-12+/t15-,16+,17-,18-,19+/m0/s1. The van der Waals surface area contributed by atoms with Gasteiger partial charge in [0.1, 0.15) is 0 Å². The topological polar surface area (TPSA) is 107 Å². The van der Waals surface area contributed by atoms with Gasteiger partial charge in [0.25, 0.3) is 0 Å². The van der Waals surface area contributed by atoms with Crippen LogP contribution in [0.3, 0.4) is 0 Å². The van der Waals surface area contributed by atoms with Gasteiger partial charge in [0.05, 0.1) is 30.5 Å². The molecule has 1 saturated heterocycles. The molecule has 1 aliphatic rings. The number of carboxylic acids is 1. The second-order valence-electron chi connectivity index (χ2n) is 6.95. The van der Waals surface area contributed by atoms with E-state index in [2.05, 4.69) is 13.0 Å². The number of carbonyl (C=O) groups is 1. The Balaban J connectivity index is 2.31. The van der Waals surface area contributed by atoms with Gasteiger partial charge in [-0.2, -0.15) is 0 Å². The third kappa shape index (κ3) is 9.48. The molecule has 1 rings (SSSR count). The van der Waals surface area contributed by atoms with Gasteiger partial charge in [0, 0.05) is 12.8 Å². The van der Waals surface area contributed by atoms with Crippen molar-refractivity contribution in [3.63, 3.8) is 0 Å². The Hall–Kier alpha value is -1.21.